The highest BCUT2D eigenvalue weighted by Crippen LogP contribution is 2.42. The topological polar surface area (TPSA) is 21.3 Å². The molecule has 1 spiro atoms. The van der Waals surface area contributed by atoms with Crippen LogP contribution in [0.4, 0.5) is 0 Å². The quantitative estimate of drug-likeness (QED) is 0.813. The summed E-state index contributed by atoms with van der Waals surface area (Å²) in [5, 5.41) is 3.90. The average Bonchev–Trinajstić information content (AvgIpc) is 2.81. The standard InChI is InChI=1S/C15H27NO/c1-12(13-5-2-3-6-13)16-14-7-10-17-15(11-14)8-4-9-15/h12-14,16H,2-11H2,1H3/t12-,14?/m0/s1. The average molecular weight is 237 g/mol. The van der Waals surface area contributed by atoms with Gasteiger partial charge in [-0.15, -0.1) is 0 Å². The molecule has 2 heteroatoms. The summed E-state index contributed by atoms with van der Waals surface area (Å²) in [6.45, 7) is 3.38. The van der Waals surface area contributed by atoms with Crippen molar-refractivity contribution < 1.29 is 4.74 Å². The van der Waals surface area contributed by atoms with Crippen molar-refractivity contribution >= 4 is 0 Å². The van der Waals surface area contributed by atoms with E-state index in [-0.39, 0.29) is 0 Å². The van der Waals surface area contributed by atoms with Crippen LogP contribution in [0.1, 0.15) is 64.7 Å². The molecule has 2 atom stereocenters. The van der Waals surface area contributed by atoms with E-state index >= 15 is 0 Å². The Bertz CT molecular complexity index is 256. The zero-order chi connectivity index (χ0) is 11.7. The van der Waals surface area contributed by atoms with Crippen molar-refractivity contribution in [3.8, 4) is 0 Å². The smallest absolute Gasteiger partial charge is 0.0697 e. The van der Waals surface area contributed by atoms with Gasteiger partial charge in [0.15, 0.2) is 0 Å². The lowest BCUT2D eigenvalue weighted by Gasteiger charge is -2.48. The van der Waals surface area contributed by atoms with Gasteiger partial charge in [-0.3, -0.25) is 0 Å². The molecule has 0 aromatic rings. The molecule has 1 N–H and O–H groups in total. The Morgan fingerprint density at radius 1 is 1.12 bits per heavy atom. The van der Waals surface area contributed by atoms with Gasteiger partial charge in [0.1, 0.15) is 0 Å². The number of ether oxygens (including phenoxy) is 1. The molecular formula is C15H27NO. The van der Waals surface area contributed by atoms with E-state index in [4.69, 9.17) is 4.74 Å². The van der Waals surface area contributed by atoms with Crippen molar-refractivity contribution in [2.75, 3.05) is 6.61 Å². The summed E-state index contributed by atoms with van der Waals surface area (Å²) in [6, 6.07) is 1.44. The van der Waals surface area contributed by atoms with Crippen molar-refractivity contribution in [3.63, 3.8) is 0 Å². The molecule has 3 fully saturated rings. The lowest BCUT2D eigenvalue weighted by atomic mass is 9.73. The van der Waals surface area contributed by atoms with E-state index in [0.717, 1.165) is 24.6 Å². The fourth-order valence-electron chi connectivity index (χ4n) is 4.05. The van der Waals surface area contributed by atoms with Gasteiger partial charge >= 0.3 is 0 Å². The normalized spacial score (nSPS) is 34.8. The predicted octanol–water partition coefficient (Wildman–Crippen LogP) is 3.26. The molecule has 1 unspecified atom stereocenters. The Hall–Kier alpha value is -0.0800. The Kier molecular flexibility index (Phi) is 3.45. The highest BCUT2D eigenvalue weighted by Gasteiger charge is 2.42. The van der Waals surface area contributed by atoms with Crippen LogP contribution < -0.4 is 5.32 Å². The van der Waals surface area contributed by atoms with Gasteiger partial charge in [0.05, 0.1) is 5.60 Å². The summed E-state index contributed by atoms with van der Waals surface area (Å²) in [4.78, 5) is 0. The predicted molar refractivity (Wildman–Crippen MR) is 70.1 cm³/mol. The number of hydrogen-bond donors (Lipinski definition) is 1. The van der Waals surface area contributed by atoms with Crippen molar-refractivity contribution in [2.45, 2.75) is 82.4 Å². The molecule has 0 radical (unpaired) electrons. The summed E-state index contributed by atoms with van der Waals surface area (Å²) < 4.78 is 6.00. The summed E-state index contributed by atoms with van der Waals surface area (Å²) in [7, 11) is 0. The SMILES string of the molecule is C[C@H](NC1CCOC2(CCC2)C1)C1CCCC1. The molecule has 1 heterocycles. The van der Waals surface area contributed by atoms with Crippen molar-refractivity contribution in [3.05, 3.63) is 0 Å². The summed E-state index contributed by atoms with van der Waals surface area (Å²) in [6.07, 6.45) is 12.3. The van der Waals surface area contributed by atoms with Crippen LogP contribution in [0.5, 0.6) is 0 Å². The first kappa shape index (κ1) is 12.0. The fraction of sp³-hybridized carbons (Fsp3) is 1.00. The second-order valence-electron chi connectivity index (χ2n) is 6.57. The highest BCUT2D eigenvalue weighted by molar-refractivity contribution is 4.97. The number of nitrogens with one attached hydrogen (secondary N) is 1. The van der Waals surface area contributed by atoms with Gasteiger partial charge in [0.2, 0.25) is 0 Å². The summed E-state index contributed by atoms with van der Waals surface area (Å²) in [5.41, 5.74) is 0.297. The van der Waals surface area contributed by atoms with E-state index < -0.39 is 0 Å². The van der Waals surface area contributed by atoms with Gasteiger partial charge in [0.25, 0.3) is 0 Å². The zero-order valence-corrected chi connectivity index (χ0v) is 11.2. The molecule has 3 aliphatic rings. The first-order chi connectivity index (χ1) is 8.27. The van der Waals surface area contributed by atoms with Crippen LogP contribution in [0.2, 0.25) is 0 Å². The molecule has 0 amide bonds. The maximum Gasteiger partial charge on any atom is 0.0697 e. The third-order valence-corrected chi connectivity index (χ3v) is 5.36. The molecule has 2 nitrogen and oxygen atoms in total. The minimum absolute atomic E-state index is 0.297. The van der Waals surface area contributed by atoms with Crippen LogP contribution in [0, 0.1) is 5.92 Å². The van der Waals surface area contributed by atoms with E-state index in [9.17, 15) is 0 Å². The van der Waals surface area contributed by atoms with Gasteiger partial charge in [-0.2, -0.15) is 0 Å². The van der Waals surface area contributed by atoms with Gasteiger partial charge in [-0.1, -0.05) is 12.8 Å². The minimum atomic E-state index is 0.297. The first-order valence-electron chi connectivity index (χ1n) is 7.67. The van der Waals surface area contributed by atoms with Crippen LogP contribution in [0.25, 0.3) is 0 Å². The molecule has 1 aliphatic heterocycles. The molecule has 3 rings (SSSR count). The third kappa shape index (κ3) is 2.53. The van der Waals surface area contributed by atoms with Crippen LogP contribution in [0.3, 0.4) is 0 Å². The molecule has 0 aromatic carbocycles. The Morgan fingerprint density at radius 3 is 2.53 bits per heavy atom. The van der Waals surface area contributed by atoms with E-state index in [2.05, 4.69) is 12.2 Å². The zero-order valence-electron chi connectivity index (χ0n) is 11.2. The Morgan fingerprint density at radius 2 is 1.88 bits per heavy atom. The largest absolute Gasteiger partial charge is 0.375 e. The second-order valence-corrected chi connectivity index (χ2v) is 6.57. The van der Waals surface area contributed by atoms with Gasteiger partial charge in [0, 0.05) is 18.7 Å². The van der Waals surface area contributed by atoms with E-state index in [1.165, 1.54) is 57.8 Å². The van der Waals surface area contributed by atoms with Crippen molar-refractivity contribution in [2.24, 2.45) is 5.92 Å². The third-order valence-electron chi connectivity index (χ3n) is 5.36. The summed E-state index contributed by atoms with van der Waals surface area (Å²) in [5.74, 6) is 0.940. The van der Waals surface area contributed by atoms with Crippen molar-refractivity contribution in [1.29, 1.82) is 0 Å². The van der Waals surface area contributed by atoms with Gasteiger partial charge in [-0.05, 0) is 57.8 Å². The first-order valence-corrected chi connectivity index (χ1v) is 7.67. The van der Waals surface area contributed by atoms with Crippen molar-refractivity contribution in [1.82, 2.24) is 5.32 Å². The molecule has 1 saturated heterocycles. The molecular weight excluding hydrogens is 210 g/mol. The number of hydrogen-bond acceptors (Lipinski definition) is 2. The van der Waals surface area contributed by atoms with Crippen LogP contribution in [0.15, 0.2) is 0 Å². The Balaban J connectivity index is 1.50. The molecule has 0 bridgehead atoms. The minimum Gasteiger partial charge on any atom is -0.375 e. The van der Waals surface area contributed by atoms with E-state index in [0.29, 0.717) is 5.60 Å². The molecule has 98 valence electrons. The molecule has 2 saturated carbocycles. The van der Waals surface area contributed by atoms with E-state index in [1.807, 2.05) is 0 Å². The van der Waals surface area contributed by atoms with Gasteiger partial charge < -0.3 is 10.1 Å². The lowest BCUT2D eigenvalue weighted by molar-refractivity contribution is -0.136. The van der Waals surface area contributed by atoms with Crippen LogP contribution in [-0.4, -0.2) is 24.3 Å². The monoisotopic (exact) mass is 237 g/mol. The molecule has 0 aromatic heterocycles. The summed E-state index contributed by atoms with van der Waals surface area (Å²) >= 11 is 0. The Labute approximate surface area is 105 Å². The van der Waals surface area contributed by atoms with Crippen LogP contribution >= 0.6 is 0 Å². The second kappa shape index (κ2) is 4.89. The maximum atomic E-state index is 6.00. The van der Waals surface area contributed by atoms with Crippen LogP contribution in [-0.2, 0) is 4.74 Å². The van der Waals surface area contributed by atoms with E-state index in [1.54, 1.807) is 0 Å². The fourth-order valence-corrected chi connectivity index (χ4v) is 4.05. The van der Waals surface area contributed by atoms with Gasteiger partial charge in [-0.25, -0.2) is 0 Å². The highest BCUT2D eigenvalue weighted by atomic mass is 16.5. The number of rotatable bonds is 3. The maximum absolute atomic E-state index is 6.00. The molecule has 2 aliphatic carbocycles. The molecule has 17 heavy (non-hydrogen) atoms. The lowest BCUT2D eigenvalue weighted by Crippen LogP contribution is -2.53.